The first-order chi connectivity index (χ1) is 7.77. The van der Waals surface area contributed by atoms with Crippen LogP contribution in [0.3, 0.4) is 0 Å². The van der Waals surface area contributed by atoms with Gasteiger partial charge in [0.2, 0.25) is 0 Å². The smallest absolute Gasteiger partial charge is 0.251 e. The number of rotatable bonds is 2. The zero-order chi connectivity index (χ0) is 11.4. The largest absolute Gasteiger partial charge is 0.346 e. The average molecular weight is 221 g/mol. The fraction of sp³-hybridized carbons (Fsp3) is 0.462. The number of benzene rings is 1. The van der Waals surface area contributed by atoms with E-state index in [-0.39, 0.29) is 11.9 Å². The third-order valence-corrected chi connectivity index (χ3v) is 3.03. The van der Waals surface area contributed by atoms with Crippen LogP contribution in [0, 0.1) is 0 Å². The van der Waals surface area contributed by atoms with Gasteiger partial charge in [0.15, 0.2) is 0 Å². The van der Waals surface area contributed by atoms with Crippen molar-refractivity contribution in [1.82, 2.24) is 5.32 Å². The summed E-state index contributed by atoms with van der Waals surface area (Å²) in [6, 6.07) is 8.65. The summed E-state index contributed by atoms with van der Waals surface area (Å²) in [5, 5.41) is 2.77. The minimum Gasteiger partial charge on any atom is -0.346 e. The van der Waals surface area contributed by atoms with E-state index in [0.717, 1.165) is 19.3 Å². The van der Waals surface area contributed by atoms with Gasteiger partial charge in [-0.05, 0) is 25.0 Å². The molecule has 1 fully saturated rings. The van der Waals surface area contributed by atoms with Gasteiger partial charge in [0.1, 0.15) is 6.17 Å². The molecular weight excluding hydrogens is 205 g/mol. The van der Waals surface area contributed by atoms with Crippen LogP contribution in [0.15, 0.2) is 30.3 Å². The van der Waals surface area contributed by atoms with Gasteiger partial charge in [-0.25, -0.2) is 4.39 Å². The van der Waals surface area contributed by atoms with Crippen molar-refractivity contribution in [3.05, 3.63) is 35.9 Å². The maximum Gasteiger partial charge on any atom is 0.251 e. The van der Waals surface area contributed by atoms with Gasteiger partial charge in [0.05, 0.1) is 6.04 Å². The molecule has 1 saturated carbocycles. The second-order valence-corrected chi connectivity index (χ2v) is 4.25. The van der Waals surface area contributed by atoms with E-state index in [9.17, 15) is 9.18 Å². The summed E-state index contributed by atoms with van der Waals surface area (Å²) >= 11 is 0. The number of hydrogen-bond donors (Lipinski definition) is 1. The zero-order valence-electron chi connectivity index (χ0n) is 9.16. The molecule has 0 unspecified atom stereocenters. The molecule has 1 amide bonds. The number of nitrogens with one attached hydrogen (secondary N) is 1. The van der Waals surface area contributed by atoms with Crippen LogP contribution in [-0.4, -0.2) is 18.1 Å². The van der Waals surface area contributed by atoms with Crippen molar-refractivity contribution in [3.63, 3.8) is 0 Å². The van der Waals surface area contributed by atoms with Gasteiger partial charge in [0.25, 0.3) is 5.91 Å². The molecule has 0 bridgehead atoms. The highest BCUT2D eigenvalue weighted by molar-refractivity contribution is 5.94. The Balaban J connectivity index is 1.96. The number of alkyl halides is 1. The summed E-state index contributed by atoms with van der Waals surface area (Å²) in [7, 11) is 0. The van der Waals surface area contributed by atoms with Crippen molar-refractivity contribution in [2.45, 2.75) is 37.9 Å². The highest BCUT2D eigenvalue weighted by Crippen LogP contribution is 2.21. The normalized spacial score (nSPS) is 25.1. The monoisotopic (exact) mass is 221 g/mol. The fourth-order valence-corrected chi connectivity index (χ4v) is 2.09. The van der Waals surface area contributed by atoms with E-state index >= 15 is 0 Å². The molecule has 1 aliphatic rings. The minimum absolute atomic E-state index is 0.171. The first-order valence-corrected chi connectivity index (χ1v) is 5.77. The average Bonchev–Trinajstić information content (AvgIpc) is 2.33. The molecule has 16 heavy (non-hydrogen) atoms. The van der Waals surface area contributed by atoms with Gasteiger partial charge >= 0.3 is 0 Å². The maximum absolute atomic E-state index is 13.5. The van der Waals surface area contributed by atoms with E-state index < -0.39 is 6.17 Å². The van der Waals surface area contributed by atoms with E-state index in [0.29, 0.717) is 12.0 Å². The van der Waals surface area contributed by atoms with Crippen LogP contribution < -0.4 is 5.32 Å². The molecule has 2 atom stereocenters. The summed E-state index contributed by atoms with van der Waals surface area (Å²) < 4.78 is 13.5. The fourth-order valence-electron chi connectivity index (χ4n) is 2.09. The lowest BCUT2D eigenvalue weighted by Gasteiger charge is -2.26. The molecule has 0 heterocycles. The Morgan fingerprint density at radius 1 is 1.19 bits per heavy atom. The molecular formula is C13H16FNO. The van der Waals surface area contributed by atoms with Crippen molar-refractivity contribution in [2.75, 3.05) is 0 Å². The second-order valence-electron chi connectivity index (χ2n) is 4.25. The molecule has 0 aliphatic heterocycles. The van der Waals surface area contributed by atoms with Crippen molar-refractivity contribution >= 4 is 5.91 Å². The maximum atomic E-state index is 13.5. The molecule has 86 valence electrons. The number of halogens is 1. The zero-order valence-corrected chi connectivity index (χ0v) is 9.16. The number of hydrogen-bond acceptors (Lipinski definition) is 1. The standard InChI is InChI=1S/C13H16FNO/c14-11-8-4-5-9-12(11)15-13(16)10-6-2-1-3-7-10/h1-3,6-7,11-12H,4-5,8-9H2,(H,15,16)/t11-,12-/m0/s1. The van der Waals surface area contributed by atoms with Crippen LogP contribution in [0.1, 0.15) is 36.0 Å². The first kappa shape index (κ1) is 11.1. The molecule has 1 aromatic carbocycles. The van der Waals surface area contributed by atoms with Crippen LogP contribution >= 0.6 is 0 Å². The Kier molecular flexibility index (Phi) is 3.54. The highest BCUT2D eigenvalue weighted by atomic mass is 19.1. The van der Waals surface area contributed by atoms with Gasteiger partial charge in [-0.3, -0.25) is 4.79 Å². The number of carbonyl (C=O) groups is 1. The van der Waals surface area contributed by atoms with Gasteiger partial charge in [-0.15, -0.1) is 0 Å². The van der Waals surface area contributed by atoms with Crippen molar-refractivity contribution in [3.8, 4) is 0 Å². The quantitative estimate of drug-likeness (QED) is 0.817. The summed E-state index contributed by atoms with van der Waals surface area (Å²) in [5.41, 5.74) is 0.597. The lowest BCUT2D eigenvalue weighted by atomic mass is 9.93. The molecule has 2 rings (SSSR count). The topological polar surface area (TPSA) is 29.1 Å². The first-order valence-electron chi connectivity index (χ1n) is 5.77. The second kappa shape index (κ2) is 5.10. The molecule has 1 aromatic rings. The van der Waals surface area contributed by atoms with E-state index in [1.165, 1.54) is 0 Å². The van der Waals surface area contributed by atoms with Crippen LogP contribution in [0.2, 0.25) is 0 Å². The highest BCUT2D eigenvalue weighted by Gasteiger charge is 2.26. The predicted octanol–water partition coefficient (Wildman–Crippen LogP) is 2.70. The Morgan fingerprint density at radius 3 is 2.56 bits per heavy atom. The third-order valence-electron chi connectivity index (χ3n) is 3.03. The van der Waals surface area contributed by atoms with E-state index in [1.54, 1.807) is 12.1 Å². The van der Waals surface area contributed by atoms with Gasteiger partial charge in [-0.1, -0.05) is 31.0 Å². The molecule has 0 aromatic heterocycles. The summed E-state index contributed by atoms with van der Waals surface area (Å²) in [6.07, 6.45) is 2.36. The van der Waals surface area contributed by atoms with E-state index in [4.69, 9.17) is 0 Å². The Bertz CT molecular complexity index is 352. The van der Waals surface area contributed by atoms with E-state index in [2.05, 4.69) is 5.32 Å². The molecule has 1 aliphatic carbocycles. The van der Waals surface area contributed by atoms with Gasteiger partial charge in [-0.2, -0.15) is 0 Å². The van der Waals surface area contributed by atoms with Gasteiger partial charge < -0.3 is 5.32 Å². The van der Waals surface area contributed by atoms with E-state index in [1.807, 2.05) is 18.2 Å². The van der Waals surface area contributed by atoms with Gasteiger partial charge in [0, 0.05) is 5.56 Å². The lowest BCUT2D eigenvalue weighted by Crippen LogP contribution is -2.43. The molecule has 0 saturated heterocycles. The molecule has 3 heteroatoms. The molecule has 1 N–H and O–H groups in total. The summed E-state index contributed by atoms with van der Waals surface area (Å²) in [5.74, 6) is -0.171. The van der Waals surface area contributed by atoms with Crippen molar-refractivity contribution in [1.29, 1.82) is 0 Å². The lowest BCUT2D eigenvalue weighted by molar-refractivity contribution is 0.0884. The van der Waals surface area contributed by atoms with Crippen molar-refractivity contribution in [2.24, 2.45) is 0 Å². The van der Waals surface area contributed by atoms with Crippen LogP contribution in [-0.2, 0) is 0 Å². The molecule has 0 spiro atoms. The molecule has 0 radical (unpaired) electrons. The minimum atomic E-state index is -0.888. The Hall–Kier alpha value is -1.38. The number of carbonyl (C=O) groups excluding carboxylic acids is 1. The summed E-state index contributed by atoms with van der Waals surface area (Å²) in [6.45, 7) is 0. The van der Waals surface area contributed by atoms with Crippen molar-refractivity contribution < 1.29 is 9.18 Å². The Morgan fingerprint density at radius 2 is 1.88 bits per heavy atom. The number of amides is 1. The SMILES string of the molecule is O=C(N[C@H]1CCCC[C@@H]1F)c1ccccc1. The predicted molar refractivity (Wildman–Crippen MR) is 61.1 cm³/mol. The Labute approximate surface area is 94.9 Å². The van der Waals surface area contributed by atoms with Crippen LogP contribution in [0.5, 0.6) is 0 Å². The van der Waals surface area contributed by atoms with Crippen LogP contribution in [0.4, 0.5) is 4.39 Å². The van der Waals surface area contributed by atoms with Crippen LogP contribution in [0.25, 0.3) is 0 Å². The summed E-state index contributed by atoms with van der Waals surface area (Å²) in [4.78, 5) is 11.8. The molecule has 2 nitrogen and oxygen atoms in total. The third kappa shape index (κ3) is 2.60.